The first kappa shape index (κ1) is 18.0. The minimum absolute atomic E-state index is 0.0451. The molecule has 0 saturated heterocycles. The Labute approximate surface area is 132 Å². The van der Waals surface area contributed by atoms with Crippen LogP contribution >= 0.6 is 11.6 Å². The molecule has 2 atom stereocenters. The molecule has 0 aliphatic carbocycles. The van der Waals surface area contributed by atoms with Gasteiger partial charge in [0, 0.05) is 18.2 Å². The number of amides is 1. The van der Waals surface area contributed by atoms with Crippen LogP contribution in [0, 0.1) is 11.8 Å². The van der Waals surface area contributed by atoms with Gasteiger partial charge < -0.3 is 10.4 Å². The van der Waals surface area contributed by atoms with Crippen molar-refractivity contribution >= 4 is 17.5 Å². The van der Waals surface area contributed by atoms with Crippen LogP contribution in [-0.4, -0.2) is 24.2 Å². The average Bonchev–Trinajstić information content (AvgIpc) is 2.45. The summed E-state index contributed by atoms with van der Waals surface area (Å²) in [4.78, 5) is 12.5. The molecule has 2 N–H and O–H groups in total. The molecule has 118 valence electrons. The fourth-order valence-corrected chi connectivity index (χ4v) is 2.62. The Morgan fingerprint density at radius 2 is 1.90 bits per heavy atom. The van der Waals surface area contributed by atoms with Crippen molar-refractivity contribution in [3.05, 3.63) is 34.9 Å². The molecule has 21 heavy (non-hydrogen) atoms. The van der Waals surface area contributed by atoms with Crippen molar-refractivity contribution in [3.8, 4) is 0 Å². The van der Waals surface area contributed by atoms with Crippen molar-refractivity contribution in [2.75, 3.05) is 13.2 Å². The summed E-state index contributed by atoms with van der Waals surface area (Å²) in [5.41, 5.74) is 0.988. The van der Waals surface area contributed by atoms with Crippen LogP contribution in [0.25, 0.3) is 0 Å². The topological polar surface area (TPSA) is 49.3 Å². The zero-order valence-electron chi connectivity index (χ0n) is 13.1. The molecule has 2 unspecified atom stereocenters. The minimum atomic E-state index is -0.172. The summed E-state index contributed by atoms with van der Waals surface area (Å²) in [5, 5.41) is 12.7. The standard InChI is InChI=1S/C17H26ClNO2/c1-4-13(9-10-20)11-19-17(21)16(12(2)3)14-5-7-15(18)8-6-14/h5-8,12-13,16,20H,4,9-11H2,1-3H3,(H,19,21). The van der Waals surface area contributed by atoms with Crippen LogP contribution in [0.4, 0.5) is 0 Å². The van der Waals surface area contributed by atoms with Gasteiger partial charge in [-0.15, -0.1) is 0 Å². The van der Waals surface area contributed by atoms with E-state index in [0.717, 1.165) is 18.4 Å². The lowest BCUT2D eigenvalue weighted by Crippen LogP contribution is -2.35. The smallest absolute Gasteiger partial charge is 0.227 e. The highest BCUT2D eigenvalue weighted by Gasteiger charge is 2.24. The molecular formula is C17H26ClNO2. The van der Waals surface area contributed by atoms with Gasteiger partial charge in [0.25, 0.3) is 0 Å². The van der Waals surface area contributed by atoms with Gasteiger partial charge in [-0.2, -0.15) is 0 Å². The first-order chi connectivity index (χ1) is 9.99. The van der Waals surface area contributed by atoms with Crippen LogP contribution in [0.1, 0.15) is 45.1 Å². The molecule has 0 aliphatic heterocycles. The summed E-state index contributed by atoms with van der Waals surface area (Å²) in [6, 6.07) is 7.47. The summed E-state index contributed by atoms with van der Waals surface area (Å²) < 4.78 is 0. The van der Waals surface area contributed by atoms with E-state index in [4.69, 9.17) is 16.7 Å². The Morgan fingerprint density at radius 3 is 2.38 bits per heavy atom. The van der Waals surface area contributed by atoms with E-state index in [1.54, 1.807) is 0 Å². The Kier molecular flexibility index (Phi) is 7.76. The Hall–Kier alpha value is -1.06. The highest BCUT2D eigenvalue weighted by Crippen LogP contribution is 2.26. The maximum atomic E-state index is 12.5. The second-order valence-corrected chi connectivity index (χ2v) is 6.24. The highest BCUT2D eigenvalue weighted by molar-refractivity contribution is 6.30. The second-order valence-electron chi connectivity index (χ2n) is 5.80. The molecule has 0 heterocycles. The maximum absolute atomic E-state index is 12.5. The van der Waals surface area contributed by atoms with Gasteiger partial charge in [0.1, 0.15) is 0 Å². The van der Waals surface area contributed by atoms with Gasteiger partial charge in [-0.1, -0.05) is 50.9 Å². The first-order valence-corrected chi connectivity index (χ1v) is 8.01. The SMILES string of the molecule is CCC(CCO)CNC(=O)C(c1ccc(Cl)cc1)C(C)C. The van der Waals surface area contributed by atoms with Crippen molar-refractivity contribution < 1.29 is 9.90 Å². The molecule has 0 aliphatic rings. The maximum Gasteiger partial charge on any atom is 0.227 e. The van der Waals surface area contributed by atoms with Crippen LogP contribution < -0.4 is 5.32 Å². The molecule has 0 bridgehead atoms. The van der Waals surface area contributed by atoms with Gasteiger partial charge >= 0.3 is 0 Å². The lowest BCUT2D eigenvalue weighted by atomic mass is 9.87. The number of aliphatic hydroxyl groups excluding tert-OH is 1. The lowest BCUT2D eigenvalue weighted by molar-refractivity contribution is -0.123. The Bertz CT molecular complexity index is 431. The Balaban J connectivity index is 2.72. The van der Waals surface area contributed by atoms with E-state index >= 15 is 0 Å². The molecule has 3 nitrogen and oxygen atoms in total. The molecular weight excluding hydrogens is 286 g/mol. The molecule has 0 fully saturated rings. The summed E-state index contributed by atoms with van der Waals surface area (Å²) in [5.74, 6) is 0.415. The van der Waals surface area contributed by atoms with Gasteiger partial charge in [-0.3, -0.25) is 4.79 Å². The average molecular weight is 312 g/mol. The summed E-state index contributed by atoms with van der Waals surface area (Å²) in [7, 11) is 0. The van der Waals surface area contributed by atoms with E-state index in [1.165, 1.54) is 0 Å². The Morgan fingerprint density at radius 1 is 1.29 bits per heavy atom. The molecule has 1 rings (SSSR count). The summed E-state index contributed by atoms with van der Waals surface area (Å²) in [6.45, 7) is 6.95. The normalized spacial score (nSPS) is 14.0. The predicted molar refractivity (Wildman–Crippen MR) is 87.5 cm³/mol. The fourth-order valence-electron chi connectivity index (χ4n) is 2.50. The second kappa shape index (κ2) is 9.06. The number of carbonyl (C=O) groups excluding carboxylic acids is 1. The van der Waals surface area contributed by atoms with E-state index < -0.39 is 0 Å². The number of nitrogens with one attached hydrogen (secondary N) is 1. The van der Waals surface area contributed by atoms with Crippen LogP contribution in [0.3, 0.4) is 0 Å². The van der Waals surface area contributed by atoms with Crippen LogP contribution in [0.5, 0.6) is 0 Å². The van der Waals surface area contributed by atoms with Crippen LogP contribution in [0.2, 0.25) is 5.02 Å². The minimum Gasteiger partial charge on any atom is -0.396 e. The number of hydrogen-bond acceptors (Lipinski definition) is 2. The first-order valence-electron chi connectivity index (χ1n) is 7.63. The molecule has 0 saturated carbocycles. The van der Waals surface area contributed by atoms with Crippen molar-refractivity contribution in [2.24, 2.45) is 11.8 Å². The molecule has 0 aromatic heterocycles. The molecule has 0 spiro atoms. The third kappa shape index (κ3) is 5.68. The van der Waals surface area contributed by atoms with Crippen molar-refractivity contribution in [1.82, 2.24) is 5.32 Å². The van der Waals surface area contributed by atoms with Gasteiger partial charge in [0.05, 0.1) is 5.92 Å². The number of hydrogen-bond donors (Lipinski definition) is 2. The molecule has 1 amide bonds. The number of benzene rings is 1. The van der Waals surface area contributed by atoms with E-state index in [2.05, 4.69) is 12.2 Å². The van der Waals surface area contributed by atoms with Gasteiger partial charge in [0.2, 0.25) is 5.91 Å². The zero-order chi connectivity index (χ0) is 15.8. The third-order valence-electron chi connectivity index (χ3n) is 3.86. The number of rotatable bonds is 8. The monoisotopic (exact) mass is 311 g/mol. The number of halogens is 1. The van der Waals surface area contributed by atoms with E-state index in [-0.39, 0.29) is 24.3 Å². The van der Waals surface area contributed by atoms with Crippen molar-refractivity contribution in [2.45, 2.75) is 39.5 Å². The molecule has 1 aromatic rings. The van der Waals surface area contributed by atoms with Gasteiger partial charge in [-0.25, -0.2) is 0 Å². The van der Waals surface area contributed by atoms with Crippen molar-refractivity contribution in [1.29, 1.82) is 0 Å². The molecule has 1 aromatic carbocycles. The fraction of sp³-hybridized carbons (Fsp3) is 0.588. The van der Waals surface area contributed by atoms with E-state index in [9.17, 15) is 4.79 Å². The third-order valence-corrected chi connectivity index (χ3v) is 4.11. The molecule has 4 heteroatoms. The zero-order valence-corrected chi connectivity index (χ0v) is 13.9. The highest BCUT2D eigenvalue weighted by atomic mass is 35.5. The van der Waals surface area contributed by atoms with Gasteiger partial charge in [0.15, 0.2) is 0 Å². The predicted octanol–water partition coefficient (Wildman–Crippen LogP) is 3.60. The van der Waals surface area contributed by atoms with E-state index in [0.29, 0.717) is 17.5 Å². The van der Waals surface area contributed by atoms with Gasteiger partial charge in [-0.05, 0) is 36.0 Å². The largest absolute Gasteiger partial charge is 0.396 e. The number of carbonyl (C=O) groups is 1. The van der Waals surface area contributed by atoms with Crippen LogP contribution in [0.15, 0.2) is 24.3 Å². The van der Waals surface area contributed by atoms with Crippen LogP contribution in [-0.2, 0) is 4.79 Å². The van der Waals surface area contributed by atoms with E-state index in [1.807, 2.05) is 38.1 Å². The van der Waals surface area contributed by atoms with Crippen molar-refractivity contribution in [3.63, 3.8) is 0 Å². The summed E-state index contributed by atoms with van der Waals surface area (Å²) >= 11 is 5.91. The quantitative estimate of drug-likeness (QED) is 0.770. The molecule has 0 radical (unpaired) electrons. The summed E-state index contributed by atoms with van der Waals surface area (Å²) in [6.07, 6.45) is 1.68. The lowest BCUT2D eigenvalue weighted by Gasteiger charge is -2.22. The number of aliphatic hydroxyl groups is 1.